The largest absolute Gasteiger partial charge is 0.378 e. The summed E-state index contributed by atoms with van der Waals surface area (Å²) in [5, 5.41) is 3.61. The van der Waals surface area contributed by atoms with Gasteiger partial charge in [-0.15, -0.1) is 0 Å². The third kappa shape index (κ3) is 3.64. The van der Waals surface area contributed by atoms with E-state index in [0.29, 0.717) is 0 Å². The molecule has 2 heteroatoms. The first-order chi connectivity index (χ1) is 10.0. The van der Waals surface area contributed by atoms with E-state index < -0.39 is 0 Å². The molecule has 0 radical (unpaired) electrons. The number of nitrogens with one attached hydrogen (secondary N) is 1. The Hall–Kier alpha value is -1.80. The lowest BCUT2D eigenvalue weighted by Gasteiger charge is -2.22. The minimum atomic E-state index is 0.245. The van der Waals surface area contributed by atoms with Crippen LogP contribution in [0.1, 0.15) is 35.2 Å². The molecule has 0 saturated heterocycles. The minimum Gasteiger partial charge on any atom is -0.378 e. The normalized spacial score (nSPS) is 12.2. The molecule has 2 rings (SSSR count). The van der Waals surface area contributed by atoms with Gasteiger partial charge in [-0.2, -0.15) is 0 Å². The molecule has 112 valence electrons. The molecule has 0 spiro atoms. The lowest BCUT2D eigenvalue weighted by atomic mass is 9.95. The van der Waals surface area contributed by atoms with Crippen LogP contribution in [0, 0.1) is 13.8 Å². The second-order valence-electron chi connectivity index (χ2n) is 5.82. The number of hydrogen-bond donors (Lipinski definition) is 1. The van der Waals surface area contributed by atoms with Gasteiger partial charge >= 0.3 is 0 Å². The van der Waals surface area contributed by atoms with Gasteiger partial charge in [-0.3, -0.25) is 0 Å². The second-order valence-corrected chi connectivity index (χ2v) is 5.82. The lowest BCUT2D eigenvalue weighted by molar-refractivity contribution is 0.630. The maximum Gasteiger partial charge on any atom is 0.0577 e. The fourth-order valence-corrected chi connectivity index (χ4v) is 2.56. The molecule has 0 bridgehead atoms. The van der Waals surface area contributed by atoms with E-state index in [4.69, 9.17) is 0 Å². The molecule has 0 fully saturated rings. The van der Waals surface area contributed by atoms with Crippen molar-refractivity contribution in [3.05, 3.63) is 64.7 Å². The summed E-state index contributed by atoms with van der Waals surface area (Å²) in [6.07, 6.45) is 0. The lowest BCUT2D eigenvalue weighted by Crippen LogP contribution is -2.22. The molecule has 2 aromatic carbocycles. The highest BCUT2D eigenvalue weighted by molar-refractivity contribution is 5.49. The summed E-state index contributed by atoms with van der Waals surface area (Å²) in [5.41, 5.74) is 6.57. The third-order valence-corrected chi connectivity index (χ3v) is 3.99. The van der Waals surface area contributed by atoms with Gasteiger partial charge in [0.05, 0.1) is 6.04 Å². The van der Waals surface area contributed by atoms with Gasteiger partial charge in [0.2, 0.25) is 0 Å². The van der Waals surface area contributed by atoms with Gasteiger partial charge in [0.1, 0.15) is 0 Å². The fraction of sp³-hybridized carbons (Fsp3) is 0.368. The first-order valence-corrected chi connectivity index (χ1v) is 7.60. The molecule has 0 aromatic heterocycles. The molecule has 0 aliphatic heterocycles. The Bertz CT molecular complexity index is 602. The standard InChI is InChI=1S/C19H26N2/c1-6-20-19(17-11-10-14(2)15(3)12-17)16-8-7-9-18(13-16)21(4)5/h7-13,19-20H,6H2,1-5H3. The summed E-state index contributed by atoms with van der Waals surface area (Å²) in [6, 6.07) is 15.7. The van der Waals surface area contributed by atoms with Crippen molar-refractivity contribution in [1.82, 2.24) is 5.32 Å². The molecule has 0 aliphatic rings. The average Bonchev–Trinajstić information content (AvgIpc) is 2.48. The number of aryl methyl sites for hydroxylation is 2. The SMILES string of the molecule is CCNC(c1cccc(N(C)C)c1)c1ccc(C)c(C)c1. The van der Waals surface area contributed by atoms with Crippen molar-refractivity contribution in [3.8, 4) is 0 Å². The highest BCUT2D eigenvalue weighted by Crippen LogP contribution is 2.26. The number of hydrogen-bond acceptors (Lipinski definition) is 2. The maximum atomic E-state index is 3.61. The second kappa shape index (κ2) is 6.77. The molecular weight excluding hydrogens is 256 g/mol. The molecule has 0 saturated carbocycles. The molecule has 1 atom stereocenters. The van der Waals surface area contributed by atoms with Crippen LogP contribution < -0.4 is 10.2 Å². The summed E-state index contributed by atoms with van der Waals surface area (Å²) in [4.78, 5) is 2.15. The van der Waals surface area contributed by atoms with Gasteiger partial charge in [-0.05, 0) is 54.8 Å². The van der Waals surface area contributed by atoms with Gasteiger partial charge in [0, 0.05) is 19.8 Å². The monoisotopic (exact) mass is 282 g/mol. The van der Waals surface area contributed by atoms with E-state index in [9.17, 15) is 0 Å². The number of anilines is 1. The van der Waals surface area contributed by atoms with Crippen LogP contribution in [0.15, 0.2) is 42.5 Å². The Morgan fingerprint density at radius 2 is 1.67 bits per heavy atom. The van der Waals surface area contributed by atoms with Gasteiger partial charge in [-0.1, -0.05) is 37.3 Å². The van der Waals surface area contributed by atoms with Crippen LogP contribution in [-0.2, 0) is 0 Å². The van der Waals surface area contributed by atoms with Crippen molar-refractivity contribution in [2.75, 3.05) is 25.5 Å². The quantitative estimate of drug-likeness (QED) is 0.889. The van der Waals surface area contributed by atoms with E-state index in [1.807, 2.05) is 0 Å². The summed E-state index contributed by atoms with van der Waals surface area (Å²) in [6.45, 7) is 7.44. The van der Waals surface area contributed by atoms with Crippen LogP contribution in [0.4, 0.5) is 5.69 Å². The van der Waals surface area contributed by atoms with Crippen molar-refractivity contribution < 1.29 is 0 Å². The zero-order valence-corrected chi connectivity index (χ0v) is 13.8. The van der Waals surface area contributed by atoms with Crippen LogP contribution in [-0.4, -0.2) is 20.6 Å². The third-order valence-electron chi connectivity index (χ3n) is 3.99. The van der Waals surface area contributed by atoms with Crippen molar-refractivity contribution >= 4 is 5.69 Å². The molecule has 1 N–H and O–H groups in total. The Morgan fingerprint density at radius 3 is 2.29 bits per heavy atom. The predicted octanol–water partition coefficient (Wildman–Crippen LogP) is 4.07. The van der Waals surface area contributed by atoms with Crippen LogP contribution in [0.3, 0.4) is 0 Å². The molecule has 0 amide bonds. The zero-order chi connectivity index (χ0) is 15.4. The highest BCUT2D eigenvalue weighted by atomic mass is 15.1. The van der Waals surface area contributed by atoms with E-state index in [-0.39, 0.29) is 6.04 Å². The van der Waals surface area contributed by atoms with Gasteiger partial charge < -0.3 is 10.2 Å². The zero-order valence-electron chi connectivity index (χ0n) is 13.8. The van der Waals surface area contributed by atoms with E-state index in [1.165, 1.54) is 27.9 Å². The molecule has 2 nitrogen and oxygen atoms in total. The Labute approximate surface area is 128 Å². The van der Waals surface area contributed by atoms with E-state index in [2.05, 4.69) is 87.5 Å². The smallest absolute Gasteiger partial charge is 0.0577 e. The Kier molecular flexibility index (Phi) is 5.03. The van der Waals surface area contributed by atoms with Crippen LogP contribution >= 0.6 is 0 Å². The van der Waals surface area contributed by atoms with Gasteiger partial charge in [0.15, 0.2) is 0 Å². The summed E-state index contributed by atoms with van der Waals surface area (Å²) < 4.78 is 0. The van der Waals surface area contributed by atoms with Crippen molar-refractivity contribution in [2.24, 2.45) is 0 Å². The number of nitrogens with zero attached hydrogens (tertiary/aromatic N) is 1. The minimum absolute atomic E-state index is 0.245. The van der Waals surface area contributed by atoms with Crippen molar-refractivity contribution in [2.45, 2.75) is 26.8 Å². The van der Waals surface area contributed by atoms with Crippen molar-refractivity contribution in [3.63, 3.8) is 0 Å². The first kappa shape index (κ1) is 15.6. The number of benzene rings is 2. The maximum absolute atomic E-state index is 3.61. The van der Waals surface area contributed by atoms with E-state index >= 15 is 0 Å². The van der Waals surface area contributed by atoms with Crippen molar-refractivity contribution in [1.29, 1.82) is 0 Å². The molecule has 0 aliphatic carbocycles. The fourth-order valence-electron chi connectivity index (χ4n) is 2.56. The average molecular weight is 282 g/mol. The van der Waals surface area contributed by atoms with Crippen LogP contribution in [0.25, 0.3) is 0 Å². The first-order valence-electron chi connectivity index (χ1n) is 7.60. The van der Waals surface area contributed by atoms with Gasteiger partial charge in [0.25, 0.3) is 0 Å². The van der Waals surface area contributed by atoms with E-state index in [0.717, 1.165) is 6.54 Å². The predicted molar refractivity (Wildman–Crippen MR) is 92.2 cm³/mol. The summed E-state index contributed by atoms with van der Waals surface area (Å²) in [5.74, 6) is 0. The molecule has 2 aromatic rings. The van der Waals surface area contributed by atoms with E-state index in [1.54, 1.807) is 0 Å². The number of rotatable bonds is 5. The Balaban J connectivity index is 2.42. The molecule has 1 unspecified atom stereocenters. The summed E-state index contributed by atoms with van der Waals surface area (Å²) in [7, 11) is 4.16. The van der Waals surface area contributed by atoms with Crippen LogP contribution in [0.2, 0.25) is 0 Å². The highest BCUT2D eigenvalue weighted by Gasteiger charge is 2.14. The topological polar surface area (TPSA) is 15.3 Å². The molecular formula is C19H26N2. The van der Waals surface area contributed by atoms with Crippen LogP contribution in [0.5, 0.6) is 0 Å². The summed E-state index contributed by atoms with van der Waals surface area (Å²) >= 11 is 0. The Morgan fingerprint density at radius 1 is 0.952 bits per heavy atom. The molecule has 0 heterocycles. The molecule has 21 heavy (non-hydrogen) atoms. The van der Waals surface area contributed by atoms with Gasteiger partial charge in [-0.25, -0.2) is 0 Å².